The molecule has 2 heterocycles. The van der Waals surface area contributed by atoms with Gasteiger partial charge in [-0.2, -0.15) is 0 Å². The number of esters is 1. The third kappa shape index (κ3) is 4.99. The SMILES string of the molecule is CCCC[C@@H](CC)CNC(=O)Cn1cnc2oc(C)c(C(=O)OCC)c2c1=O. The maximum absolute atomic E-state index is 12.8. The number of rotatable bonds is 10. The number of unbranched alkanes of at least 4 members (excludes halogenated alkanes) is 1. The normalized spacial score (nSPS) is 12.1. The van der Waals surface area contributed by atoms with Crippen LogP contribution in [0.25, 0.3) is 11.1 Å². The van der Waals surface area contributed by atoms with Gasteiger partial charge >= 0.3 is 5.97 Å². The monoisotopic (exact) mass is 391 g/mol. The average Bonchev–Trinajstić information content (AvgIpc) is 3.01. The first-order valence-corrected chi connectivity index (χ1v) is 9.85. The number of amides is 1. The predicted molar refractivity (Wildman–Crippen MR) is 105 cm³/mol. The fourth-order valence-corrected chi connectivity index (χ4v) is 3.11. The van der Waals surface area contributed by atoms with E-state index in [2.05, 4.69) is 24.1 Å². The van der Waals surface area contributed by atoms with Gasteiger partial charge in [0.25, 0.3) is 5.56 Å². The van der Waals surface area contributed by atoms with Crippen molar-refractivity contribution in [2.75, 3.05) is 13.2 Å². The molecule has 2 aromatic rings. The van der Waals surface area contributed by atoms with E-state index in [1.54, 1.807) is 13.8 Å². The van der Waals surface area contributed by atoms with Gasteiger partial charge in [-0.05, 0) is 26.2 Å². The van der Waals surface area contributed by atoms with E-state index in [4.69, 9.17) is 9.15 Å². The van der Waals surface area contributed by atoms with Crippen LogP contribution in [0.15, 0.2) is 15.5 Å². The highest BCUT2D eigenvalue weighted by atomic mass is 16.5. The van der Waals surface area contributed by atoms with Crippen LogP contribution in [-0.4, -0.2) is 34.6 Å². The molecule has 0 saturated carbocycles. The number of hydrogen-bond donors (Lipinski definition) is 1. The van der Waals surface area contributed by atoms with E-state index in [1.807, 2.05) is 0 Å². The van der Waals surface area contributed by atoms with Crippen molar-refractivity contribution in [2.24, 2.45) is 5.92 Å². The van der Waals surface area contributed by atoms with E-state index in [0.717, 1.165) is 25.7 Å². The van der Waals surface area contributed by atoms with Crippen LogP contribution in [0.4, 0.5) is 0 Å². The van der Waals surface area contributed by atoms with Crippen molar-refractivity contribution in [3.8, 4) is 0 Å². The van der Waals surface area contributed by atoms with Gasteiger partial charge in [-0.1, -0.05) is 33.1 Å². The highest BCUT2D eigenvalue weighted by molar-refractivity contribution is 6.03. The molecule has 1 N–H and O–H groups in total. The first-order chi connectivity index (χ1) is 13.4. The summed E-state index contributed by atoms with van der Waals surface area (Å²) in [6, 6.07) is 0. The summed E-state index contributed by atoms with van der Waals surface area (Å²) < 4.78 is 11.6. The maximum atomic E-state index is 12.8. The van der Waals surface area contributed by atoms with Crippen molar-refractivity contribution in [1.82, 2.24) is 14.9 Å². The molecule has 1 atom stereocenters. The number of furan rings is 1. The van der Waals surface area contributed by atoms with E-state index in [9.17, 15) is 14.4 Å². The topological polar surface area (TPSA) is 103 Å². The summed E-state index contributed by atoms with van der Waals surface area (Å²) in [6.07, 6.45) is 5.57. The Bertz CT molecular complexity index is 884. The minimum absolute atomic E-state index is 0.0423. The molecule has 0 saturated heterocycles. The number of aryl methyl sites for hydroxylation is 1. The van der Waals surface area contributed by atoms with Crippen LogP contribution in [0.2, 0.25) is 0 Å². The summed E-state index contributed by atoms with van der Waals surface area (Å²) >= 11 is 0. The van der Waals surface area contributed by atoms with Crippen molar-refractivity contribution >= 4 is 23.0 Å². The Labute approximate surface area is 164 Å². The summed E-state index contributed by atoms with van der Waals surface area (Å²) in [5.41, 5.74) is -0.374. The van der Waals surface area contributed by atoms with Gasteiger partial charge < -0.3 is 14.5 Å². The highest BCUT2D eigenvalue weighted by Gasteiger charge is 2.24. The minimum atomic E-state index is -0.637. The summed E-state index contributed by atoms with van der Waals surface area (Å²) in [5.74, 6) is -0.215. The molecule has 8 heteroatoms. The lowest BCUT2D eigenvalue weighted by Crippen LogP contribution is -2.35. The quantitative estimate of drug-likeness (QED) is 0.625. The molecule has 0 aromatic carbocycles. The van der Waals surface area contributed by atoms with Gasteiger partial charge in [0.05, 0.1) is 6.61 Å². The van der Waals surface area contributed by atoms with Gasteiger partial charge in [-0.3, -0.25) is 14.2 Å². The summed E-state index contributed by atoms with van der Waals surface area (Å²) in [5, 5.41) is 2.93. The molecule has 8 nitrogen and oxygen atoms in total. The van der Waals surface area contributed by atoms with Crippen molar-refractivity contribution < 1.29 is 18.7 Å². The number of hydrogen-bond acceptors (Lipinski definition) is 6. The number of carbonyl (C=O) groups is 2. The largest absolute Gasteiger partial charge is 0.462 e. The summed E-state index contributed by atoms with van der Waals surface area (Å²) in [6.45, 7) is 8.09. The van der Waals surface area contributed by atoms with Crippen molar-refractivity contribution in [1.29, 1.82) is 0 Å². The molecule has 0 aliphatic heterocycles. The lowest BCUT2D eigenvalue weighted by molar-refractivity contribution is -0.121. The van der Waals surface area contributed by atoms with Crippen LogP contribution >= 0.6 is 0 Å². The first kappa shape index (κ1) is 21.7. The molecule has 2 aromatic heterocycles. The van der Waals surface area contributed by atoms with Crippen LogP contribution < -0.4 is 10.9 Å². The van der Waals surface area contributed by atoms with Crippen molar-refractivity contribution in [2.45, 2.75) is 59.9 Å². The lowest BCUT2D eigenvalue weighted by atomic mass is 9.99. The van der Waals surface area contributed by atoms with Crippen LogP contribution in [0.1, 0.15) is 62.6 Å². The predicted octanol–water partition coefficient (Wildman–Crippen LogP) is 2.81. The smallest absolute Gasteiger partial charge is 0.342 e. The Kier molecular flexibility index (Phi) is 7.78. The number of nitrogens with zero attached hydrogens (tertiary/aromatic N) is 2. The second kappa shape index (κ2) is 10.1. The van der Waals surface area contributed by atoms with E-state index >= 15 is 0 Å². The molecule has 0 aliphatic rings. The van der Waals surface area contributed by atoms with Crippen molar-refractivity contribution in [3.05, 3.63) is 28.0 Å². The van der Waals surface area contributed by atoms with Gasteiger partial charge in [0.1, 0.15) is 29.6 Å². The molecule has 0 bridgehead atoms. The molecule has 154 valence electrons. The van der Waals surface area contributed by atoms with Crippen LogP contribution in [0.5, 0.6) is 0 Å². The third-order valence-corrected chi connectivity index (χ3v) is 4.78. The average molecular weight is 391 g/mol. The van der Waals surface area contributed by atoms with Crippen LogP contribution in [-0.2, 0) is 16.1 Å². The molecule has 0 unspecified atom stereocenters. The van der Waals surface area contributed by atoms with Gasteiger partial charge in [-0.25, -0.2) is 9.78 Å². The number of fused-ring (bicyclic) bond motifs is 1. The van der Waals surface area contributed by atoms with Gasteiger partial charge in [0.2, 0.25) is 11.6 Å². The Morgan fingerprint density at radius 2 is 2.07 bits per heavy atom. The van der Waals surface area contributed by atoms with E-state index in [-0.39, 0.29) is 41.5 Å². The third-order valence-electron chi connectivity index (χ3n) is 4.78. The number of nitrogens with one attached hydrogen (secondary N) is 1. The Morgan fingerprint density at radius 1 is 1.32 bits per heavy atom. The van der Waals surface area contributed by atoms with Crippen molar-refractivity contribution in [3.63, 3.8) is 0 Å². The molecule has 0 spiro atoms. The van der Waals surface area contributed by atoms with E-state index in [1.165, 1.54) is 10.9 Å². The zero-order chi connectivity index (χ0) is 20.7. The Morgan fingerprint density at radius 3 is 2.71 bits per heavy atom. The Balaban J connectivity index is 2.18. The standard InChI is InChI=1S/C20H29N3O5/c1-5-8-9-14(6-2)10-21-15(24)11-23-12-22-18-17(19(23)25)16(13(4)28-18)20(26)27-7-3/h12,14H,5-11H2,1-4H3,(H,21,24)/t14-/m1/s1. The van der Waals surface area contributed by atoms with E-state index < -0.39 is 11.5 Å². The molecular weight excluding hydrogens is 362 g/mol. The van der Waals surface area contributed by atoms with Gasteiger partial charge in [0.15, 0.2) is 0 Å². The fourth-order valence-electron chi connectivity index (χ4n) is 3.11. The minimum Gasteiger partial charge on any atom is -0.462 e. The van der Waals surface area contributed by atoms with Gasteiger partial charge in [-0.15, -0.1) is 0 Å². The maximum Gasteiger partial charge on any atom is 0.342 e. The number of aromatic nitrogens is 2. The molecule has 28 heavy (non-hydrogen) atoms. The first-order valence-electron chi connectivity index (χ1n) is 9.85. The molecule has 0 aliphatic carbocycles. The second-order valence-corrected chi connectivity index (χ2v) is 6.83. The molecule has 1 amide bonds. The van der Waals surface area contributed by atoms with Crippen LogP contribution in [0.3, 0.4) is 0 Å². The fraction of sp³-hybridized carbons (Fsp3) is 0.600. The Hall–Kier alpha value is -2.64. The number of ether oxygens (including phenoxy) is 1. The molecular formula is C20H29N3O5. The summed E-state index contributed by atoms with van der Waals surface area (Å²) in [7, 11) is 0. The van der Waals surface area contributed by atoms with Gasteiger partial charge in [0, 0.05) is 6.54 Å². The van der Waals surface area contributed by atoms with Crippen LogP contribution in [0, 0.1) is 12.8 Å². The lowest BCUT2D eigenvalue weighted by Gasteiger charge is -2.15. The molecule has 2 rings (SSSR count). The zero-order valence-electron chi connectivity index (χ0n) is 17.0. The number of carbonyl (C=O) groups excluding carboxylic acids is 2. The molecule has 0 radical (unpaired) electrons. The zero-order valence-corrected chi connectivity index (χ0v) is 17.0. The second-order valence-electron chi connectivity index (χ2n) is 6.83. The summed E-state index contributed by atoms with van der Waals surface area (Å²) in [4.78, 5) is 41.4. The molecule has 0 fully saturated rings. The highest BCUT2D eigenvalue weighted by Crippen LogP contribution is 2.21. The van der Waals surface area contributed by atoms with E-state index in [0.29, 0.717) is 12.5 Å².